The Morgan fingerprint density at radius 3 is 2.17 bits per heavy atom. The van der Waals surface area contributed by atoms with Gasteiger partial charge in [-0.2, -0.15) is 13.2 Å². The van der Waals surface area contributed by atoms with Crippen molar-refractivity contribution < 1.29 is 36.2 Å². The van der Waals surface area contributed by atoms with E-state index in [0.29, 0.717) is 0 Å². The monoisotopic (exact) mass is 529 g/mol. The zero-order valence-electron chi connectivity index (χ0n) is 20.1. The third kappa shape index (κ3) is 8.74. The number of amides is 3. The fraction of sp³-hybridized carbons (Fsp3) is 0.375. The summed E-state index contributed by atoms with van der Waals surface area (Å²) in [5.41, 5.74) is -1.67. The van der Waals surface area contributed by atoms with Crippen molar-refractivity contribution in [3.63, 3.8) is 0 Å². The minimum Gasteiger partial charge on any atom is -0.350 e. The summed E-state index contributed by atoms with van der Waals surface area (Å²) in [6, 6.07) is 7.47. The summed E-state index contributed by atoms with van der Waals surface area (Å²) in [6.07, 6.45) is -4.69. The van der Waals surface area contributed by atoms with E-state index >= 15 is 0 Å². The lowest BCUT2D eigenvalue weighted by molar-refractivity contribution is -0.137. The number of anilines is 2. The quantitative estimate of drug-likeness (QED) is 0.508. The smallest absolute Gasteiger partial charge is 0.350 e. The Morgan fingerprint density at radius 1 is 1.00 bits per heavy atom. The van der Waals surface area contributed by atoms with Crippen molar-refractivity contribution in [2.45, 2.75) is 45.5 Å². The van der Waals surface area contributed by atoms with Crippen molar-refractivity contribution in [3.05, 3.63) is 59.9 Å². The van der Waals surface area contributed by atoms with Gasteiger partial charge in [-0.05, 0) is 70.2 Å². The molecular weight excluding hydrogens is 502 g/mol. The Balaban J connectivity index is 2.24. The summed E-state index contributed by atoms with van der Waals surface area (Å²) in [6.45, 7) is 6.43. The van der Waals surface area contributed by atoms with Gasteiger partial charge in [-0.1, -0.05) is 6.07 Å². The van der Waals surface area contributed by atoms with Crippen LogP contribution in [0.3, 0.4) is 0 Å². The third-order valence-electron chi connectivity index (χ3n) is 4.69. The molecule has 36 heavy (non-hydrogen) atoms. The lowest BCUT2D eigenvalue weighted by atomic mass is 10.1. The molecular formula is C24H27F4N3O4S. The number of hydrogen-bond donors (Lipinski definition) is 2. The van der Waals surface area contributed by atoms with Gasteiger partial charge in [0.25, 0.3) is 0 Å². The van der Waals surface area contributed by atoms with Gasteiger partial charge >= 0.3 is 6.18 Å². The van der Waals surface area contributed by atoms with E-state index in [9.17, 15) is 36.2 Å². The van der Waals surface area contributed by atoms with E-state index in [-0.39, 0.29) is 11.4 Å². The predicted molar refractivity (Wildman–Crippen MR) is 129 cm³/mol. The molecule has 0 bridgehead atoms. The van der Waals surface area contributed by atoms with Gasteiger partial charge in [-0.3, -0.25) is 23.5 Å². The molecule has 0 heterocycles. The fourth-order valence-electron chi connectivity index (χ4n) is 3.14. The molecule has 196 valence electrons. The van der Waals surface area contributed by atoms with Crippen LogP contribution in [-0.4, -0.2) is 45.0 Å². The Bertz CT molecular complexity index is 1130. The first-order chi connectivity index (χ1) is 16.6. The van der Waals surface area contributed by atoms with Crippen LogP contribution < -0.4 is 15.5 Å². The van der Waals surface area contributed by atoms with E-state index in [4.69, 9.17) is 0 Å². The normalized spacial score (nSPS) is 13.4. The number of carbonyl (C=O) groups excluding carboxylic acids is 3. The number of hydrogen-bond acceptors (Lipinski definition) is 4. The van der Waals surface area contributed by atoms with Crippen LogP contribution in [0.4, 0.5) is 28.9 Å². The van der Waals surface area contributed by atoms with Crippen molar-refractivity contribution in [2.24, 2.45) is 0 Å². The number of rotatable bonds is 8. The molecule has 3 amide bonds. The van der Waals surface area contributed by atoms with Crippen LogP contribution >= 0.6 is 0 Å². The number of benzene rings is 2. The zero-order chi connectivity index (χ0) is 27.3. The number of nitrogens with zero attached hydrogens (tertiary/aromatic N) is 1. The van der Waals surface area contributed by atoms with Crippen LogP contribution in [-0.2, 0) is 31.4 Å². The van der Waals surface area contributed by atoms with Crippen molar-refractivity contribution in [1.82, 2.24) is 5.32 Å². The molecule has 0 aromatic heterocycles. The summed E-state index contributed by atoms with van der Waals surface area (Å²) >= 11 is 0. The molecule has 0 fully saturated rings. The molecule has 0 spiro atoms. The van der Waals surface area contributed by atoms with Gasteiger partial charge in [0.1, 0.15) is 23.4 Å². The van der Waals surface area contributed by atoms with E-state index in [1.165, 1.54) is 25.1 Å². The molecule has 0 unspecified atom stereocenters. The van der Waals surface area contributed by atoms with Gasteiger partial charge in [-0.25, -0.2) is 4.39 Å². The summed E-state index contributed by atoms with van der Waals surface area (Å²) in [7, 11) is -2.06. The van der Waals surface area contributed by atoms with Crippen molar-refractivity contribution in [2.75, 3.05) is 21.7 Å². The number of alkyl halides is 3. The lowest BCUT2D eigenvalue weighted by Gasteiger charge is -2.31. The fourth-order valence-corrected chi connectivity index (χ4v) is 4.02. The maximum absolute atomic E-state index is 13.3. The Kier molecular flexibility index (Phi) is 9.36. The minimum absolute atomic E-state index is 0.209. The molecule has 0 saturated heterocycles. The maximum Gasteiger partial charge on any atom is 0.416 e. The Morgan fingerprint density at radius 2 is 1.61 bits per heavy atom. The second-order valence-electron chi connectivity index (χ2n) is 9.01. The van der Waals surface area contributed by atoms with E-state index in [1.807, 2.05) is 0 Å². The molecule has 2 rings (SSSR count). The predicted octanol–water partition coefficient (Wildman–Crippen LogP) is 3.87. The average Bonchev–Trinajstić information content (AvgIpc) is 2.73. The van der Waals surface area contributed by atoms with Crippen LogP contribution in [0.5, 0.6) is 0 Å². The number of nitrogens with one attached hydrogen (secondary N) is 2. The van der Waals surface area contributed by atoms with Gasteiger partial charge < -0.3 is 10.6 Å². The molecule has 0 aliphatic heterocycles. The maximum atomic E-state index is 13.3. The Labute approximate surface area is 208 Å². The second-order valence-corrected chi connectivity index (χ2v) is 10.5. The van der Waals surface area contributed by atoms with E-state index in [2.05, 4.69) is 10.6 Å². The van der Waals surface area contributed by atoms with Crippen molar-refractivity contribution in [1.29, 1.82) is 0 Å². The minimum atomic E-state index is -4.69. The van der Waals surface area contributed by atoms with Gasteiger partial charge in [0.15, 0.2) is 0 Å². The highest BCUT2D eigenvalue weighted by molar-refractivity contribution is 7.86. The molecule has 12 heteroatoms. The van der Waals surface area contributed by atoms with Crippen molar-refractivity contribution >= 4 is 39.9 Å². The first-order valence-corrected chi connectivity index (χ1v) is 12.3. The summed E-state index contributed by atoms with van der Waals surface area (Å²) in [5.74, 6) is -4.08. The topological polar surface area (TPSA) is 95.6 Å². The highest BCUT2D eigenvalue weighted by atomic mass is 32.2. The molecule has 0 aliphatic carbocycles. The number of carbonyl (C=O) groups is 3. The first-order valence-electron chi connectivity index (χ1n) is 10.8. The summed E-state index contributed by atoms with van der Waals surface area (Å²) in [5, 5.41) is 5.08. The lowest BCUT2D eigenvalue weighted by Crippen LogP contribution is -2.53. The molecule has 0 aliphatic rings. The highest BCUT2D eigenvalue weighted by Crippen LogP contribution is 2.32. The largest absolute Gasteiger partial charge is 0.416 e. The molecule has 2 atom stereocenters. The van der Waals surface area contributed by atoms with Crippen LogP contribution in [0.1, 0.15) is 33.3 Å². The van der Waals surface area contributed by atoms with Crippen molar-refractivity contribution in [3.8, 4) is 0 Å². The van der Waals surface area contributed by atoms with Gasteiger partial charge in [0, 0.05) is 27.7 Å². The van der Waals surface area contributed by atoms with Crippen LogP contribution in [0.25, 0.3) is 0 Å². The zero-order valence-corrected chi connectivity index (χ0v) is 20.9. The molecule has 2 aromatic carbocycles. The molecule has 2 aromatic rings. The molecule has 7 nitrogen and oxygen atoms in total. The van der Waals surface area contributed by atoms with Gasteiger partial charge in [0.2, 0.25) is 17.7 Å². The SMILES string of the molecule is C[C@H](C(=O)NC(C)(C)C)N(C(=O)C[S@@](=O)CC(=O)Nc1ccc(F)cc1)c1cccc(C(F)(F)F)c1. The van der Waals surface area contributed by atoms with Gasteiger partial charge in [0.05, 0.1) is 5.56 Å². The van der Waals surface area contributed by atoms with Crippen LogP contribution in [0.15, 0.2) is 48.5 Å². The average molecular weight is 530 g/mol. The van der Waals surface area contributed by atoms with Crippen LogP contribution in [0.2, 0.25) is 0 Å². The molecule has 0 saturated carbocycles. The standard InChI is InChI=1S/C24H27F4N3O4S/c1-15(22(34)30-23(2,3)4)31(19-7-5-6-16(12-19)24(26,27)28)21(33)14-36(35)13-20(32)29-18-10-8-17(25)9-11-18/h5-12,15H,13-14H2,1-4H3,(H,29,32)(H,30,34)/t15-,36+/m1/s1. The molecule has 2 N–H and O–H groups in total. The first kappa shape index (κ1) is 29.0. The second kappa shape index (κ2) is 11.6. The third-order valence-corrected chi connectivity index (χ3v) is 5.84. The van der Waals surface area contributed by atoms with Crippen LogP contribution in [0, 0.1) is 5.82 Å². The highest BCUT2D eigenvalue weighted by Gasteiger charge is 2.34. The molecule has 0 radical (unpaired) electrons. The summed E-state index contributed by atoms with van der Waals surface area (Å²) in [4.78, 5) is 38.9. The van der Waals surface area contributed by atoms with E-state index in [1.54, 1.807) is 20.8 Å². The van der Waals surface area contributed by atoms with E-state index in [0.717, 1.165) is 35.2 Å². The summed E-state index contributed by atoms with van der Waals surface area (Å²) < 4.78 is 65.4. The van der Waals surface area contributed by atoms with Gasteiger partial charge in [-0.15, -0.1) is 0 Å². The number of halogens is 4. The van der Waals surface area contributed by atoms with E-state index < -0.39 is 69.2 Å². The Hall–Kier alpha value is -3.28.